The van der Waals surface area contributed by atoms with E-state index in [1.54, 1.807) is 4.90 Å². The van der Waals surface area contributed by atoms with Crippen molar-refractivity contribution in [2.45, 2.75) is 58.7 Å². The molecule has 1 aliphatic heterocycles. The number of hydrogen-bond donors (Lipinski definition) is 2. The summed E-state index contributed by atoms with van der Waals surface area (Å²) in [6.45, 7) is 10.4. The van der Waals surface area contributed by atoms with Crippen LogP contribution in [0.25, 0.3) is 0 Å². The van der Waals surface area contributed by atoms with Crippen LogP contribution in [-0.4, -0.2) is 52.8 Å². The molecule has 1 atom stereocenters. The van der Waals surface area contributed by atoms with Crippen molar-refractivity contribution in [3.8, 4) is 0 Å². The normalized spacial score (nSPS) is 17.8. The van der Waals surface area contributed by atoms with Crippen molar-refractivity contribution in [2.75, 3.05) is 13.1 Å². The first-order chi connectivity index (χ1) is 9.08. The van der Waals surface area contributed by atoms with Crippen LogP contribution in [0.3, 0.4) is 0 Å². The molecular weight excluding hydrogens is 260 g/mol. The van der Waals surface area contributed by atoms with Gasteiger partial charge in [-0.05, 0) is 33.1 Å². The summed E-state index contributed by atoms with van der Waals surface area (Å²) in [4.78, 5) is 24.5. The average Bonchev–Trinajstić information content (AvgIpc) is 2.16. The van der Waals surface area contributed by atoms with Crippen molar-refractivity contribution >= 4 is 12.1 Å². The maximum absolute atomic E-state index is 11.7. The van der Waals surface area contributed by atoms with Crippen molar-refractivity contribution in [2.24, 2.45) is 5.92 Å². The molecule has 1 unspecified atom stereocenters. The van der Waals surface area contributed by atoms with Gasteiger partial charge in [0.05, 0.1) is 0 Å². The lowest BCUT2D eigenvalue weighted by Gasteiger charge is -2.41. The highest BCUT2D eigenvalue weighted by Gasteiger charge is 2.35. The number of nitrogens with one attached hydrogen (secondary N) is 1. The number of carbonyl (C=O) groups is 2. The molecule has 1 aliphatic rings. The zero-order chi connectivity index (χ0) is 15.5. The van der Waals surface area contributed by atoms with Crippen LogP contribution in [0, 0.1) is 5.92 Å². The van der Waals surface area contributed by atoms with Crippen LogP contribution in [-0.2, 0) is 9.53 Å². The van der Waals surface area contributed by atoms with Crippen LogP contribution < -0.4 is 5.32 Å². The van der Waals surface area contributed by atoms with Gasteiger partial charge in [0.2, 0.25) is 0 Å². The monoisotopic (exact) mass is 286 g/mol. The van der Waals surface area contributed by atoms with E-state index in [2.05, 4.69) is 5.32 Å². The number of carboxylic acids is 1. The minimum absolute atomic E-state index is 0.0300. The molecule has 6 nitrogen and oxygen atoms in total. The Bertz CT molecular complexity index is 357. The molecule has 1 rings (SSSR count). The van der Waals surface area contributed by atoms with Crippen LogP contribution in [0.15, 0.2) is 0 Å². The molecule has 0 saturated carbocycles. The molecule has 116 valence electrons. The second-order valence-corrected chi connectivity index (χ2v) is 6.77. The number of likely N-dealkylation sites (tertiary alicyclic amines) is 1. The molecule has 2 N–H and O–H groups in total. The van der Waals surface area contributed by atoms with Gasteiger partial charge in [-0.1, -0.05) is 13.8 Å². The molecule has 0 radical (unpaired) electrons. The molecule has 1 saturated heterocycles. The Morgan fingerprint density at radius 3 is 2.30 bits per heavy atom. The quantitative estimate of drug-likeness (QED) is 0.804. The van der Waals surface area contributed by atoms with Gasteiger partial charge in [-0.25, -0.2) is 4.79 Å². The van der Waals surface area contributed by atoms with Gasteiger partial charge >= 0.3 is 12.1 Å². The minimum atomic E-state index is -0.839. The van der Waals surface area contributed by atoms with Crippen molar-refractivity contribution in [1.29, 1.82) is 0 Å². The highest BCUT2D eigenvalue weighted by Crippen LogP contribution is 2.16. The minimum Gasteiger partial charge on any atom is -0.480 e. The SMILES string of the molecule is CC(C)CC(NC1CN(C(=O)OC(C)(C)C)C1)C(=O)O. The van der Waals surface area contributed by atoms with Crippen molar-refractivity contribution in [3.05, 3.63) is 0 Å². The van der Waals surface area contributed by atoms with Gasteiger partial charge in [0.15, 0.2) is 0 Å². The zero-order valence-electron chi connectivity index (χ0n) is 13.0. The van der Waals surface area contributed by atoms with Gasteiger partial charge in [-0.15, -0.1) is 0 Å². The van der Waals surface area contributed by atoms with Gasteiger partial charge in [-0.3, -0.25) is 10.1 Å². The lowest BCUT2D eigenvalue weighted by molar-refractivity contribution is -0.140. The van der Waals surface area contributed by atoms with Gasteiger partial charge in [-0.2, -0.15) is 0 Å². The molecule has 0 aromatic rings. The largest absolute Gasteiger partial charge is 0.480 e. The van der Waals surface area contributed by atoms with E-state index in [1.807, 2.05) is 34.6 Å². The fraction of sp³-hybridized carbons (Fsp3) is 0.857. The second kappa shape index (κ2) is 6.43. The zero-order valence-corrected chi connectivity index (χ0v) is 13.0. The third-order valence-corrected chi connectivity index (χ3v) is 2.98. The molecule has 6 heteroatoms. The van der Waals surface area contributed by atoms with E-state index in [4.69, 9.17) is 9.84 Å². The average molecular weight is 286 g/mol. The molecule has 1 fully saturated rings. The van der Waals surface area contributed by atoms with Crippen molar-refractivity contribution < 1.29 is 19.4 Å². The van der Waals surface area contributed by atoms with E-state index in [9.17, 15) is 9.59 Å². The first kappa shape index (κ1) is 16.8. The summed E-state index contributed by atoms with van der Waals surface area (Å²) in [5.74, 6) is -0.528. The van der Waals surface area contributed by atoms with Crippen LogP contribution in [0.1, 0.15) is 41.0 Å². The third-order valence-electron chi connectivity index (χ3n) is 2.98. The Labute approximate surface area is 120 Å². The third kappa shape index (κ3) is 5.36. The highest BCUT2D eigenvalue weighted by atomic mass is 16.6. The van der Waals surface area contributed by atoms with Crippen LogP contribution in [0.5, 0.6) is 0 Å². The van der Waals surface area contributed by atoms with Gasteiger partial charge < -0.3 is 14.7 Å². The maximum atomic E-state index is 11.7. The number of nitrogens with zero attached hydrogens (tertiary/aromatic N) is 1. The number of aliphatic carboxylic acids is 1. The summed E-state index contributed by atoms with van der Waals surface area (Å²) >= 11 is 0. The Kier molecular flexibility index (Phi) is 5.39. The van der Waals surface area contributed by atoms with Crippen LogP contribution in [0.2, 0.25) is 0 Å². The molecule has 0 aromatic carbocycles. The number of hydrogen-bond acceptors (Lipinski definition) is 4. The first-order valence-electron chi connectivity index (χ1n) is 7.05. The summed E-state index contributed by atoms with van der Waals surface area (Å²) in [5.41, 5.74) is -0.503. The van der Waals surface area contributed by atoms with E-state index in [1.165, 1.54) is 0 Å². The predicted octanol–water partition coefficient (Wildman–Crippen LogP) is 1.69. The van der Waals surface area contributed by atoms with Gasteiger partial charge in [0, 0.05) is 19.1 Å². The Morgan fingerprint density at radius 1 is 1.35 bits per heavy atom. The van der Waals surface area contributed by atoms with E-state index in [0.717, 1.165) is 0 Å². The highest BCUT2D eigenvalue weighted by molar-refractivity contribution is 5.73. The fourth-order valence-electron chi connectivity index (χ4n) is 2.06. The predicted molar refractivity (Wildman–Crippen MR) is 75.6 cm³/mol. The number of amides is 1. The van der Waals surface area contributed by atoms with Gasteiger partial charge in [0.1, 0.15) is 11.6 Å². The molecule has 0 bridgehead atoms. The smallest absolute Gasteiger partial charge is 0.410 e. The molecule has 1 amide bonds. The molecule has 0 spiro atoms. The summed E-state index contributed by atoms with van der Waals surface area (Å²) in [7, 11) is 0. The Balaban J connectivity index is 2.37. The molecular formula is C14H26N2O4. The lowest BCUT2D eigenvalue weighted by atomic mass is 10.0. The number of rotatable bonds is 5. The summed E-state index contributed by atoms with van der Waals surface area (Å²) in [5, 5.41) is 12.2. The summed E-state index contributed by atoms with van der Waals surface area (Å²) < 4.78 is 5.25. The summed E-state index contributed by atoms with van der Waals surface area (Å²) in [6, 6.07) is -0.525. The van der Waals surface area contributed by atoms with Crippen molar-refractivity contribution in [1.82, 2.24) is 10.2 Å². The molecule has 0 aromatic heterocycles. The molecule has 20 heavy (non-hydrogen) atoms. The lowest BCUT2D eigenvalue weighted by Crippen LogP contribution is -2.63. The number of carboxylic acid groups (broad SMARTS) is 1. The van der Waals surface area contributed by atoms with Crippen molar-refractivity contribution in [3.63, 3.8) is 0 Å². The van der Waals surface area contributed by atoms with E-state index in [-0.39, 0.29) is 12.1 Å². The van der Waals surface area contributed by atoms with E-state index in [0.29, 0.717) is 25.4 Å². The van der Waals surface area contributed by atoms with E-state index >= 15 is 0 Å². The standard InChI is InChI=1S/C14H26N2O4/c1-9(2)6-11(12(17)18)15-10-7-16(8-10)13(19)20-14(3,4)5/h9-11,15H,6-8H2,1-5H3,(H,17,18). The van der Waals surface area contributed by atoms with Gasteiger partial charge in [0.25, 0.3) is 0 Å². The topological polar surface area (TPSA) is 78.9 Å². The maximum Gasteiger partial charge on any atom is 0.410 e. The summed E-state index contributed by atoms with van der Waals surface area (Å²) in [6.07, 6.45) is 0.240. The van der Waals surface area contributed by atoms with Crippen LogP contribution in [0.4, 0.5) is 4.79 Å². The molecule has 0 aliphatic carbocycles. The van der Waals surface area contributed by atoms with E-state index < -0.39 is 17.6 Å². The van der Waals surface area contributed by atoms with Crippen LogP contribution >= 0.6 is 0 Å². The number of carbonyl (C=O) groups excluding carboxylic acids is 1. The Hall–Kier alpha value is -1.30. The number of ether oxygens (including phenoxy) is 1. The fourth-order valence-corrected chi connectivity index (χ4v) is 2.06. The Morgan fingerprint density at radius 2 is 1.90 bits per heavy atom. The first-order valence-corrected chi connectivity index (χ1v) is 7.05. The second-order valence-electron chi connectivity index (χ2n) is 6.77. The molecule has 1 heterocycles.